The Bertz CT molecular complexity index is 671. The number of carbonyl (C=O) groups excluding carboxylic acids is 1. The van der Waals surface area contributed by atoms with Crippen molar-refractivity contribution in [3.8, 4) is 0 Å². The van der Waals surface area contributed by atoms with Gasteiger partial charge >= 0.3 is 0 Å². The van der Waals surface area contributed by atoms with Gasteiger partial charge in [0.2, 0.25) is 5.91 Å². The smallest absolute Gasteiger partial charge is 0.248 e. The lowest BCUT2D eigenvalue weighted by Gasteiger charge is -2.09. The minimum atomic E-state index is -0.444. The van der Waals surface area contributed by atoms with E-state index in [-0.39, 0.29) is 0 Å². The summed E-state index contributed by atoms with van der Waals surface area (Å²) in [7, 11) is 0. The standard InChI is InChI=1S/C14H12BrN3OS/c15-12-7-10(5-6-11(12)14(17)20)18-9-3-1-8(2-4-9)13(16)19/h1-7,18H,(H2,16,19)(H2,17,20). The maximum Gasteiger partial charge on any atom is 0.248 e. The lowest BCUT2D eigenvalue weighted by atomic mass is 10.1. The maximum absolute atomic E-state index is 11.0. The van der Waals surface area contributed by atoms with Crippen molar-refractivity contribution in [2.45, 2.75) is 0 Å². The number of rotatable bonds is 4. The minimum Gasteiger partial charge on any atom is -0.389 e. The normalized spacial score (nSPS) is 10.1. The van der Waals surface area contributed by atoms with Gasteiger partial charge in [-0.3, -0.25) is 4.79 Å². The molecule has 0 aliphatic rings. The molecule has 4 nitrogen and oxygen atoms in total. The monoisotopic (exact) mass is 349 g/mol. The van der Waals surface area contributed by atoms with Gasteiger partial charge < -0.3 is 16.8 Å². The second kappa shape index (κ2) is 6.02. The molecule has 0 atom stereocenters. The van der Waals surface area contributed by atoms with Crippen LogP contribution in [0, 0.1) is 0 Å². The highest BCUT2D eigenvalue weighted by Gasteiger charge is 2.05. The van der Waals surface area contributed by atoms with E-state index >= 15 is 0 Å². The van der Waals surface area contributed by atoms with E-state index in [9.17, 15) is 4.79 Å². The van der Waals surface area contributed by atoms with Gasteiger partial charge in [-0.05, 0) is 58.4 Å². The first-order valence-corrected chi connectivity index (χ1v) is 6.94. The summed E-state index contributed by atoms with van der Waals surface area (Å²) in [5, 5.41) is 3.21. The van der Waals surface area contributed by atoms with Crippen molar-refractivity contribution >= 4 is 50.4 Å². The molecule has 0 unspecified atom stereocenters. The minimum absolute atomic E-state index is 0.342. The molecule has 6 heteroatoms. The fourth-order valence-corrected chi connectivity index (χ4v) is 2.58. The Morgan fingerprint density at radius 3 is 2.15 bits per heavy atom. The van der Waals surface area contributed by atoms with Crippen LogP contribution < -0.4 is 16.8 Å². The molecule has 0 fully saturated rings. The van der Waals surface area contributed by atoms with Crippen molar-refractivity contribution in [1.82, 2.24) is 0 Å². The van der Waals surface area contributed by atoms with Crippen molar-refractivity contribution in [2.24, 2.45) is 11.5 Å². The van der Waals surface area contributed by atoms with Gasteiger partial charge in [-0.1, -0.05) is 12.2 Å². The number of amides is 1. The van der Waals surface area contributed by atoms with Crippen molar-refractivity contribution < 1.29 is 4.79 Å². The van der Waals surface area contributed by atoms with Crippen molar-refractivity contribution in [1.29, 1.82) is 0 Å². The number of hydrogen-bond acceptors (Lipinski definition) is 3. The topological polar surface area (TPSA) is 81.1 Å². The van der Waals surface area contributed by atoms with E-state index in [1.165, 1.54) is 0 Å². The van der Waals surface area contributed by atoms with Gasteiger partial charge in [-0.2, -0.15) is 0 Å². The van der Waals surface area contributed by atoms with Crippen molar-refractivity contribution in [3.05, 3.63) is 58.1 Å². The zero-order chi connectivity index (χ0) is 14.7. The third kappa shape index (κ3) is 3.34. The van der Waals surface area contributed by atoms with Gasteiger partial charge in [0.1, 0.15) is 4.99 Å². The van der Waals surface area contributed by atoms with Crippen LogP contribution in [0.15, 0.2) is 46.9 Å². The summed E-state index contributed by atoms with van der Waals surface area (Å²) >= 11 is 8.37. The number of carbonyl (C=O) groups is 1. The molecule has 2 aromatic rings. The highest BCUT2D eigenvalue weighted by atomic mass is 79.9. The van der Waals surface area contributed by atoms with Gasteiger partial charge in [-0.15, -0.1) is 0 Å². The zero-order valence-corrected chi connectivity index (χ0v) is 12.8. The largest absolute Gasteiger partial charge is 0.389 e. The van der Waals surface area contributed by atoms with E-state index in [2.05, 4.69) is 21.2 Å². The number of benzene rings is 2. The van der Waals surface area contributed by atoms with Gasteiger partial charge in [0.15, 0.2) is 0 Å². The lowest BCUT2D eigenvalue weighted by Crippen LogP contribution is -2.10. The molecular weight excluding hydrogens is 338 g/mol. The molecule has 2 aromatic carbocycles. The SMILES string of the molecule is NC(=O)c1ccc(Nc2ccc(C(N)=S)c(Br)c2)cc1. The second-order valence-electron chi connectivity index (χ2n) is 4.13. The number of thiocarbonyl (C=S) groups is 1. The van der Waals surface area contributed by atoms with Crippen LogP contribution in [0.3, 0.4) is 0 Å². The maximum atomic E-state index is 11.0. The van der Waals surface area contributed by atoms with Gasteiger partial charge in [0.05, 0.1) is 0 Å². The number of nitrogens with two attached hydrogens (primary N) is 2. The molecule has 0 spiro atoms. The molecule has 0 aromatic heterocycles. The Labute approximate surface area is 130 Å². The molecule has 102 valence electrons. The van der Waals surface area contributed by atoms with E-state index in [0.29, 0.717) is 10.6 Å². The number of anilines is 2. The number of hydrogen-bond donors (Lipinski definition) is 3. The fraction of sp³-hybridized carbons (Fsp3) is 0. The van der Waals surface area contributed by atoms with Crippen molar-refractivity contribution in [3.63, 3.8) is 0 Å². The van der Waals surface area contributed by atoms with Crippen LogP contribution in [0.1, 0.15) is 15.9 Å². The predicted molar refractivity (Wildman–Crippen MR) is 88.3 cm³/mol. The summed E-state index contributed by atoms with van der Waals surface area (Å²) in [4.78, 5) is 11.3. The third-order valence-electron chi connectivity index (χ3n) is 2.69. The average molecular weight is 350 g/mol. The van der Waals surface area contributed by atoms with Crippen LogP contribution in [0.2, 0.25) is 0 Å². The molecule has 0 heterocycles. The Morgan fingerprint density at radius 1 is 1.05 bits per heavy atom. The molecule has 0 bridgehead atoms. The molecule has 2 rings (SSSR count). The molecule has 0 aliphatic heterocycles. The summed E-state index contributed by atoms with van der Waals surface area (Å²) in [5.74, 6) is -0.444. The summed E-state index contributed by atoms with van der Waals surface area (Å²) in [6.45, 7) is 0. The van der Waals surface area contributed by atoms with Crippen LogP contribution in [0.5, 0.6) is 0 Å². The molecule has 1 amide bonds. The van der Waals surface area contributed by atoms with Crippen LogP contribution in [0.4, 0.5) is 11.4 Å². The molecule has 0 aliphatic carbocycles. The fourth-order valence-electron chi connectivity index (χ4n) is 1.68. The van der Waals surface area contributed by atoms with E-state index in [4.69, 9.17) is 23.7 Å². The molecule has 0 saturated heterocycles. The Balaban J connectivity index is 2.19. The van der Waals surface area contributed by atoms with Crippen LogP contribution in [0.25, 0.3) is 0 Å². The molecule has 0 radical (unpaired) electrons. The lowest BCUT2D eigenvalue weighted by molar-refractivity contribution is 0.100. The summed E-state index contributed by atoms with van der Waals surface area (Å²) < 4.78 is 0.823. The Morgan fingerprint density at radius 2 is 1.65 bits per heavy atom. The summed E-state index contributed by atoms with van der Waals surface area (Å²) in [6, 6.07) is 12.5. The van der Waals surface area contributed by atoms with Gasteiger partial charge in [-0.25, -0.2) is 0 Å². The average Bonchev–Trinajstić information content (AvgIpc) is 2.39. The first kappa shape index (κ1) is 14.5. The highest BCUT2D eigenvalue weighted by Crippen LogP contribution is 2.24. The summed E-state index contributed by atoms with van der Waals surface area (Å²) in [6.07, 6.45) is 0. The first-order chi connectivity index (χ1) is 9.47. The van der Waals surface area contributed by atoms with E-state index in [0.717, 1.165) is 21.4 Å². The molecule has 0 saturated carbocycles. The second-order valence-corrected chi connectivity index (χ2v) is 5.42. The highest BCUT2D eigenvalue weighted by molar-refractivity contribution is 9.10. The van der Waals surface area contributed by atoms with E-state index in [1.54, 1.807) is 24.3 Å². The van der Waals surface area contributed by atoms with Crippen LogP contribution in [-0.4, -0.2) is 10.9 Å². The zero-order valence-electron chi connectivity index (χ0n) is 10.4. The molecule has 20 heavy (non-hydrogen) atoms. The Hall–Kier alpha value is -1.92. The predicted octanol–water partition coefficient (Wildman–Crippen LogP) is 2.93. The third-order valence-corrected chi connectivity index (χ3v) is 3.57. The van der Waals surface area contributed by atoms with Gasteiger partial charge in [0.25, 0.3) is 0 Å². The first-order valence-electron chi connectivity index (χ1n) is 5.73. The number of halogens is 1. The quantitative estimate of drug-likeness (QED) is 0.741. The van der Waals surface area contributed by atoms with E-state index < -0.39 is 5.91 Å². The van der Waals surface area contributed by atoms with Crippen molar-refractivity contribution in [2.75, 3.05) is 5.32 Å². The van der Waals surface area contributed by atoms with Gasteiger partial charge in [0, 0.05) is 27.0 Å². The molecular formula is C14H12BrN3OS. The van der Waals surface area contributed by atoms with Crippen LogP contribution in [-0.2, 0) is 0 Å². The number of nitrogens with one attached hydrogen (secondary N) is 1. The molecule has 5 N–H and O–H groups in total. The summed E-state index contributed by atoms with van der Waals surface area (Å²) in [5.41, 5.74) is 13.8. The number of primary amides is 1. The Kier molecular flexibility index (Phi) is 4.36. The van der Waals surface area contributed by atoms with Crippen LogP contribution >= 0.6 is 28.1 Å². The van der Waals surface area contributed by atoms with E-state index in [1.807, 2.05) is 18.2 Å².